The van der Waals surface area contributed by atoms with E-state index >= 15 is 0 Å². The highest BCUT2D eigenvalue weighted by molar-refractivity contribution is 9.09. The molecule has 0 saturated heterocycles. The maximum Gasteiger partial charge on any atom is 0.233 e. The lowest BCUT2D eigenvalue weighted by atomic mass is 10.2. The minimum atomic E-state index is 0.0564. The van der Waals surface area contributed by atoms with E-state index in [2.05, 4.69) is 15.9 Å². The Balaban J connectivity index is 2.75. The summed E-state index contributed by atoms with van der Waals surface area (Å²) in [5, 5.41) is 0.346. The molecule has 0 N–H and O–H groups in total. The molecule has 0 unspecified atom stereocenters. The number of ether oxygens (including phenoxy) is 1. The second kappa shape index (κ2) is 5.75. The number of halogens is 1. The zero-order valence-electron chi connectivity index (χ0n) is 8.87. The minimum absolute atomic E-state index is 0.0564. The molecule has 0 atom stereocenters. The van der Waals surface area contributed by atoms with E-state index in [-0.39, 0.29) is 5.91 Å². The first kappa shape index (κ1) is 12.0. The normalized spacial score (nSPS) is 9.80. The molecule has 0 bridgehead atoms. The van der Waals surface area contributed by atoms with Crippen LogP contribution in [0.25, 0.3) is 0 Å². The molecule has 0 aliphatic heterocycles. The molecular weight excluding hydrogens is 258 g/mol. The number of amides is 1. The number of carbonyl (C=O) groups excluding carboxylic acids is 1. The highest BCUT2D eigenvalue weighted by atomic mass is 79.9. The van der Waals surface area contributed by atoms with Crippen LogP contribution in [0.1, 0.15) is 5.56 Å². The molecule has 4 heteroatoms. The Morgan fingerprint density at radius 1 is 1.47 bits per heavy atom. The smallest absolute Gasteiger partial charge is 0.233 e. The third-order valence-electron chi connectivity index (χ3n) is 2.14. The molecule has 0 fully saturated rings. The summed E-state index contributed by atoms with van der Waals surface area (Å²) in [6.45, 7) is 0.564. The van der Waals surface area contributed by atoms with E-state index in [4.69, 9.17) is 4.74 Å². The molecule has 1 aromatic rings. The van der Waals surface area contributed by atoms with Crippen molar-refractivity contribution in [2.45, 2.75) is 6.54 Å². The Labute approximate surface area is 98.2 Å². The van der Waals surface area contributed by atoms with Crippen LogP contribution in [0.5, 0.6) is 5.75 Å². The van der Waals surface area contributed by atoms with E-state index in [0.29, 0.717) is 11.9 Å². The van der Waals surface area contributed by atoms with Crippen molar-refractivity contribution in [1.82, 2.24) is 4.90 Å². The zero-order chi connectivity index (χ0) is 11.3. The van der Waals surface area contributed by atoms with Gasteiger partial charge in [0.2, 0.25) is 5.91 Å². The molecule has 1 aromatic carbocycles. The van der Waals surface area contributed by atoms with Crippen LogP contribution in [0.2, 0.25) is 0 Å². The zero-order valence-corrected chi connectivity index (χ0v) is 10.5. The SMILES string of the molecule is COc1ccccc1CN(C)C(=O)CBr. The molecule has 0 aliphatic carbocycles. The Bertz CT molecular complexity index is 341. The highest BCUT2D eigenvalue weighted by Crippen LogP contribution is 2.18. The van der Waals surface area contributed by atoms with Gasteiger partial charge in [0.05, 0.1) is 12.4 Å². The first-order valence-corrected chi connectivity index (χ1v) is 5.73. The molecule has 0 heterocycles. The van der Waals surface area contributed by atoms with Gasteiger partial charge in [-0.25, -0.2) is 0 Å². The van der Waals surface area contributed by atoms with Crippen molar-refractivity contribution in [1.29, 1.82) is 0 Å². The predicted molar refractivity (Wildman–Crippen MR) is 63.3 cm³/mol. The number of benzene rings is 1. The quantitative estimate of drug-likeness (QED) is 0.785. The van der Waals surface area contributed by atoms with Crippen LogP contribution >= 0.6 is 15.9 Å². The van der Waals surface area contributed by atoms with Crippen LogP contribution in [-0.2, 0) is 11.3 Å². The number of alkyl halides is 1. The van der Waals surface area contributed by atoms with Gasteiger partial charge in [0.1, 0.15) is 5.75 Å². The van der Waals surface area contributed by atoms with Crippen LogP contribution in [0.3, 0.4) is 0 Å². The highest BCUT2D eigenvalue weighted by Gasteiger charge is 2.09. The topological polar surface area (TPSA) is 29.5 Å². The summed E-state index contributed by atoms with van der Waals surface area (Å²) < 4.78 is 5.21. The molecule has 82 valence electrons. The van der Waals surface area contributed by atoms with Crippen LogP contribution in [-0.4, -0.2) is 30.3 Å². The van der Waals surface area contributed by atoms with Crippen LogP contribution in [0.4, 0.5) is 0 Å². The summed E-state index contributed by atoms with van der Waals surface area (Å²) in [5.41, 5.74) is 1.01. The lowest BCUT2D eigenvalue weighted by Gasteiger charge is -2.17. The van der Waals surface area contributed by atoms with Gasteiger partial charge in [-0.05, 0) is 6.07 Å². The average Bonchev–Trinajstić information content (AvgIpc) is 2.28. The van der Waals surface area contributed by atoms with E-state index in [0.717, 1.165) is 11.3 Å². The number of hydrogen-bond donors (Lipinski definition) is 0. The van der Waals surface area contributed by atoms with Gasteiger partial charge in [-0.3, -0.25) is 4.79 Å². The number of carbonyl (C=O) groups is 1. The van der Waals surface area contributed by atoms with Crippen LogP contribution < -0.4 is 4.74 Å². The van der Waals surface area contributed by atoms with E-state index < -0.39 is 0 Å². The average molecular weight is 272 g/mol. The summed E-state index contributed by atoms with van der Waals surface area (Å²) in [5.74, 6) is 0.868. The summed E-state index contributed by atoms with van der Waals surface area (Å²) in [6, 6.07) is 7.69. The largest absolute Gasteiger partial charge is 0.496 e. The van der Waals surface area contributed by atoms with Gasteiger partial charge in [-0.1, -0.05) is 34.1 Å². The molecule has 15 heavy (non-hydrogen) atoms. The lowest BCUT2D eigenvalue weighted by molar-refractivity contribution is -0.127. The summed E-state index contributed by atoms with van der Waals surface area (Å²) >= 11 is 3.14. The molecule has 1 amide bonds. The van der Waals surface area contributed by atoms with Gasteiger partial charge in [-0.15, -0.1) is 0 Å². The summed E-state index contributed by atoms with van der Waals surface area (Å²) in [6.07, 6.45) is 0. The number of nitrogens with zero attached hydrogens (tertiary/aromatic N) is 1. The van der Waals surface area contributed by atoms with Crippen molar-refractivity contribution < 1.29 is 9.53 Å². The standard InChI is InChI=1S/C11H14BrNO2/c1-13(11(14)7-12)8-9-5-3-4-6-10(9)15-2/h3-6H,7-8H2,1-2H3. The molecule has 0 spiro atoms. The second-order valence-corrected chi connectivity index (χ2v) is 3.76. The van der Waals surface area contributed by atoms with Crippen molar-refractivity contribution in [3.8, 4) is 5.75 Å². The third-order valence-corrected chi connectivity index (χ3v) is 2.62. The van der Waals surface area contributed by atoms with Crippen molar-refractivity contribution >= 4 is 21.8 Å². The summed E-state index contributed by atoms with van der Waals surface area (Å²) in [4.78, 5) is 13.0. The Kier molecular flexibility index (Phi) is 4.62. The van der Waals surface area contributed by atoms with Gasteiger partial charge in [0, 0.05) is 19.2 Å². The number of para-hydroxylation sites is 1. The Morgan fingerprint density at radius 3 is 2.73 bits per heavy atom. The molecule has 0 saturated carbocycles. The van der Waals surface area contributed by atoms with E-state index in [1.807, 2.05) is 24.3 Å². The first-order valence-electron chi connectivity index (χ1n) is 4.61. The Morgan fingerprint density at radius 2 is 2.13 bits per heavy atom. The predicted octanol–water partition coefficient (Wildman–Crippen LogP) is 2.05. The molecule has 3 nitrogen and oxygen atoms in total. The van der Waals surface area contributed by atoms with Crippen molar-refractivity contribution in [2.75, 3.05) is 19.5 Å². The van der Waals surface area contributed by atoms with Crippen LogP contribution in [0, 0.1) is 0 Å². The summed E-state index contributed by atoms with van der Waals surface area (Å²) in [7, 11) is 3.40. The molecular formula is C11H14BrNO2. The van der Waals surface area contributed by atoms with E-state index in [9.17, 15) is 4.79 Å². The lowest BCUT2D eigenvalue weighted by Crippen LogP contribution is -2.27. The van der Waals surface area contributed by atoms with Crippen molar-refractivity contribution in [3.63, 3.8) is 0 Å². The van der Waals surface area contributed by atoms with Gasteiger partial charge < -0.3 is 9.64 Å². The monoisotopic (exact) mass is 271 g/mol. The fourth-order valence-electron chi connectivity index (χ4n) is 1.28. The second-order valence-electron chi connectivity index (χ2n) is 3.20. The van der Waals surface area contributed by atoms with Crippen molar-refractivity contribution in [3.05, 3.63) is 29.8 Å². The van der Waals surface area contributed by atoms with Gasteiger partial charge >= 0.3 is 0 Å². The molecule has 0 aliphatic rings. The molecule has 0 radical (unpaired) electrons. The Hall–Kier alpha value is -1.03. The van der Waals surface area contributed by atoms with Crippen LogP contribution in [0.15, 0.2) is 24.3 Å². The number of rotatable bonds is 4. The third kappa shape index (κ3) is 3.23. The van der Waals surface area contributed by atoms with Gasteiger partial charge in [-0.2, -0.15) is 0 Å². The maximum atomic E-state index is 11.4. The van der Waals surface area contributed by atoms with Gasteiger partial charge in [0.15, 0.2) is 0 Å². The van der Waals surface area contributed by atoms with Gasteiger partial charge in [0.25, 0.3) is 0 Å². The van der Waals surface area contributed by atoms with E-state index in [1.54, 1.807) is 19.1 Å². The first-order chi connectivity index (χ1) is 7.19. The number of methoxy groups -OCH3 is 1. The van der Waals surface area contributed by atoms with E-state index in [1.165, 1.54) is 0 Å². The maximum absolute atomic E-state index is 11.4. The minimum Gasteiger partial charge on any atom is -0.496 e. The van der Waals surface area contributed by atoms with Crippen molar-refractivity contribution in [2.24, 2.45) is 0 Å². The molecule has 0 aromatic heterocycles. The fourth-order valence-corrected chi connectivity index (χ4v) is 1.71. The number of hydrogen-bond acceptors (Lipinski definition) is 2. The fraction of sp³-hybridized carbons (Fsp3) is 0.364. The molecule has 1 rings (SSSR count).